The van der Waals surface area contributed by atoms with Gasteiger partial charge in [-0.05, 0) is 33.1 Å². The minimum Gasteiger partial charge on any atom is -0.390 e. The number of fused-ring (bicyclic) bond motifs is 1. The van der Waals surface area contributed by atoms with E-state index in [1.807, 2.05) is 27.7 Å². The van der Waals surface area contributed by atoms with Gasteiger partial charge in [0.1, 0.15) is 0 Å². The molecule has 1 saturated carbocycles. The fraction of sp³-hybridized carbons (Fsp3) is 0.789. The molecule has 0 aliphatic heterocycles. The van der Waals surface area contributed by atoms with Gasteiger partial charge in [-0.25, -0.2) is 14.6 Å². The molecule has 2 aromatic rings. The molecule has 3 atom stereocenters. The maximum absolute atomic E-state index is 10.3. The van der Waals surface area contributed by atoms with E-state index >= 15 is 0 Å². The molecule has 0 saturated heterocycles. The lowest BCUT2D eigenvalue weighted by Gasteiger charge is -2.25. The number of rotatable bonds is 6. The number of hydrogen-bond donors (Lipinski definition) is 3. The molecule has 4 N–H and O–H groups in total. The van der Waals surface area contributed by atoms with Crippen molar-refractivity contribution in [3.63, 3.8) is 0 Å². The molecule has 2 unspecified atom stereocenters. The fourth-order valence-electron chi connectivity index (χ4n) is 2.98. The van der Waals surface area contributed by atoms with E-state index in [2.05, 4.69) is 27.2 Å². The van der Waals surface area contributed by atoms with Gasteiger partial charge in [0.15, 0.2) is 27.9 Å². The van der Waals surface area contributed by atoms with Gasteiger partial charge < -0.3 is 20.7 Å². The van der Waals surface area contributed by atoms with Crippen molar-refractivity contribution in [3.05, 3.63) is 0 Å². The quantitative estimate of drug-likeness (QED) is 0.360. The highest BCUT2D eigenvalue weighted by atomic mass is 32.2. The first kappa shape index (κ1) is 25.5. The first-order chi connectivity index (χ1) is 13.8. The molecule has 0 bridgehead atoms. The number of thioether (sulfide) groups is 1. The highest BCUT2D eigenvalue weighted by molar-refractivity contribution is 7.99. The van der Waals surface area contributed by atoms with Gasteiger partial charge in [0.25, 0.3) is 0 Å². The fourth-order valence-corrected chi connectivity index (χ4v) is 3.68. The number of ether oxygens (including phenoxy) is 1. The lowest BCUT2D eigenvalue weighted by molar-refractivity contribution is -0.219. The van der Waals surface area contributed by atoms with Crippen LogP contribution in [0.5, 0.6) is 0 Å². The van der Waals surface area contributed by atoms with Crippen LogP contribution in [0.15, 0.2) is 5.16 Å². The minimum atomic E-state index is -1.30. The third-order valence-electron chi connectivity index (χ3n) is 4.00. The molecule has 2 heterocycles. The Morgan fingerprint density at radius 3 is 2.45 bits per heavy atom. The summed E-state index contributed by atoms with van der Waals surface area (Å²) in [5.41, 5.74) is 7.01. The zero-order valence-electron chi connectivity index (χ0n) is 18.6. The Kier molecular flexibility index (Phi) is 10.2. The monoisotopic (exact) mass is 428 g/mol. The molecule has 10 heteroatoms. The highest BCUT2D eigenvalue weighted by Crippen LogP contribution is 2.35. The molecule has 1 aliphatic carbocycles. The maximum Gasteiger partial charge on any atom is 0.191 e. The third-order valence-corrected chi connectivity index (χ3v) is 5.05. The van der Waals surface area contributed by atoms with Crippen LogP contribution in [0.4, 0.5) is 5.82 Å². The summed E-state index contributed by atoms with van der Waals surface area (Å²) < 4.78 is 7.22. The standard InChI is InChI=1S/C15H24N6O3S.2C2H6/c1-4-5-25-14-17-12(16)11-13(18-14)21(20-19-11)8-6-9(22)10(7-8)24-15(2,3)23;2*1-2/h8-10,22-23H,4-7H2,1-3H3,(H2,16,17,18);2*1-2H3/t8?,9?,10-;;/m0../s1. The molecule has 29 heavy (non-hydrogen) atoms. The molecule has 3 rings (SSSR count). The topological polar surface area (TPSA) is 132 Å². The van der Waals surface area contributed by atoms with Crippen molar-refractivity contribution in [3.8, 4) is 0 Å². The number of hydrogen-bond acceptors (Lipinski definition) is 9. The van der Waals surface area contributed by atoms with Crippen LogP contribution in [0.3, 0.4) is 0 Å². The number of aliphatic hydroxyl groups excluding tert-OH is 1. The van der Waals surface area contributed by atoms with Crippen LogP contribution >= 0.6 is 11.8 Å². The highest BCUT2D eigenvalue weighted by Gasteiger charge is 2.39. The number of anilines is 1. The Morgan fingerprint density at radius 2 is 1.86 bits per heavy atom. The molecule has 166 valence electrons. The van der Waals surface area contributed by atoms with Crippen LogP contribution in [-0.2, 0) is 4.74 Å². The van der Waals surface area contributed by atoms with Crippen LogP contribution in [0.1, 0.15) is 73.8 Å². The molecule has 9 nitrogen and oxygen atoms in total. The maximum atomic E-state index is 10.3. The smallest absolute Gasteiger partial charge is 0.191 e. The summed E-state index contributed by atoms with van der Waals surface area (Å²) in [6.07, 6.45) is 0.793. The van der Waals surface area contributed by atoms with E-state index in [1.165, 1.54) is 11.8 Å². The second-order valence-electron chi connectivity index (χ2n) is 6.74. The van der Waals surface area contributed by atoms with Crippen molar-refractivity contribution < 1.29 is 14.9 Å². The first-order valence-electron chi connectivity index (χ1n) is 10.4. The molecule has 0 radical (unpaired) electrons. The lowest BCUT2D eigenvalue weighted by Crippen LogP contribution is -2.34. The van der Waals surface area contributed by atoms with Gasteiger partial charge in [-0.15, -0.1) is 5.10 Å². The van der Waals surface area contributed by atoms with Crippen LogP contribution in [0, 0.1) is 0 Å². The Bertz CT molecular complexity index is 749. The van der Waals surface area contributed by atoms with E-state index in [0.29, 0.717) is 35.0 Å². The molecule has 0 spiro atoms. The molecule has 1 aliphatic rings. The van der Waals surface area contributed by atoms with Gasteiger partial charge in [-0.2, -0.15) is 0 Å². The lowest BCUT2D eigenvalue weighted by atomic mass is 10.2. The van der Waals surface area contributed by atoms with Crippen LogP contribution in [0.2, 0.25) is 0 Å². The van der Waals surface area contributed by atoms with Crippen molar-refractivity contribution in [2.45, 2.75) is 96.9 Å². The summed E-state index contributed by atoms with van der Waals surface area (Å²) in [5, 5.41) is 28.9. The summed E-state index contributed by atoms with van der Waals surface area (Å²) >= 11 is 1.53. The van der Waals surface area contributed by atoms with Gasteiger partial charge in [0, 0.05) is 5.75 Å². The zero-order valence-corrected chi connectivity index (χ0v) is 19.4. The van der Waals surface area contributed by atoms with Crippen molar-refractivity contribution >= 4 is 28.7 Å². The summed E-state index contributed by atoms with van der Waals surface area (Å²) in [6, 6.07) is -0.134. The van der Waals surface area contributed by atoms with E-state index in [-0.39, 0.29) is 6.04 Å². The number of aromatic nitrogens is 5. The Labute approximate surface area is 177 Å². The zero-order chi connectivity index (χ0) is 22.2. The largest absolute Gasteiger partial charge is 0.390 e. The van der Waals surface area contributed by atoms with E-state index < -0.39 is 18.0 Å². The number of nitrogens with two attached hydrogens (primary N) is 1. The normalized spacial score (nSPS) is 21.3. The van der Waals surface area contributed by atoms with Crippen molar-refractivity contribution in [2.75, 3.05) is 11.5 Å². The van der Waals surface area contributed by atoms with Crippen LogP contribution in [0.25, 0.3) is 11.2 Å². The predicted molar refractivity (Wildman–Crippen MR) is 117 cm³/mol. The van der Waals surface area contributed by atoms with E-state index in [9.17, 15) is 10.2 Å². The Morgan fingerprint density at radius 1 is 1.21 bits per heavy atom. The van der Waals surface area contributed by atoms with Crippen molar-refractivity contribution in [1.29, 1.82) is 0 Å². The Balaban J connectivity index is 0.000000989. The van der Waals surface area contributed by atoms with Gasteiger partial charge in [-0.1, -0.05) is 51.6 Å². The van der Waals surface area contributed by atoms with E-state index in [4.69, 9.17) is 10.5 Å². The molecule has 2 aromatic heterocycles. The van der Waals surface area contributed by atoms with Crippen LogP contribution in [-0.4, -0.2) is 58.9 Å². The van der Waals surface area contributed by atoms with Crippen molar-refractivity contribution in [2.24, 2.45) is 0 Å². The van der Waals surface area contributed by atoms with E-state index in [1.54, 1.807) is 18.5 Å². The summed E-state index contributed by atoms with van der Waals surface area (Å²) in [5.74, 6) is -0.102. The Hall–Kier alpha value is -1.49. The van der Waals surface area contributed by atoms with Gasteiger partial charge >= 0.3 is 0 Å². The summed E-state index contributed by atoms with van der Waals surface area (Å²) in [4.78, 5) is 8.80. The average molecular weight is 429 g/mol. The van der Waals surface area contributed by atoms with Crippen LogP contribution < -0.4 is 5.73 Å². The second kappa shape index (κ2) is 11.6. The van der Waals surface area contributed by atoms with Gasteiger partial charge in [0.05, 0.1) is 18.2 Å². The number of nitrogens with zero attached hydrogens (tertiary/aromatic N) is 5. The average Bonchev–Trinajstić information content (AvgIpc) is 3.26. The second-order valence-corrected chi connectivity index (χ2v) is 7.80. The minimum absolute atomic E-state index is 0.134. The SMILES string of the molecule is CC.CC.CCCSc1nc(N)c2nnn(C3CC(O)[C@@H](OC(C)(C)O)C3)c2n1. The third kappa shape index (κ3) is 6.77. The summed E-state index contributed by atoms with van der Waals surface area (Å²) in [6.45, 7) is 13.2. The summed E-state index contributed by atoms with van der Waals surface area (Å²) in [7, 11) is 0. The number of nitrogen functional groups attached to an aromatic ring is 1. The van der Waals surface area contributed by atoms with Gasteiger partial charge in [-0.3, -0.25) is 0 Å². The van der Waals surface area contributed by atoms with E-state index in [0.717, 1.165) is 12.2 Å². The molecule has 0 aromatic carbocycles. The molecule has 1 fully saturated rings. The van der Waals surface area contributed by atoms with Crippen molar-refractivity contribution in [1.82, 2.24) is 25.0 Å². The first-order valence-corrected chi connectivity index (χ1v) is 11.4. The number of aliphatic hydroxyl groups is 2. The molecule has 0 amide bonds. The molecular weight excluding hydrogens is 392 g/mol. The molecular formula is C19H36N6O3S. The van der Waals surface area contributed by atoms with Gasteiger partial charge in [0.2, 0.25) is 0 Å². The predicted octanol–water partition coefficient (Wildman–Crippen LogP) is 3.17.